The van der Waals surface area contributed by atoms with Crippen molar-refractivity contribution in [1.29, 1.82) is 0 Å². The summed E-state index contributed by atoms with van der Waals surface area (Å²) in [6.45, 7) is 6.81. The van der Waals surface area contributed by atoms with Gasteiger partial charge in [0.25, 0.3) is 0 Å². The first kappa shape index (κ1) is 15.8. The van der Waals surface area contributed by atoms with Gasteiger partial charge in [-0.05, 0) is 53.1 Å². The van der Waals surface area contributed by atoms with Crippen LogP contribution < -0.4 is 0 Å². The normalized spacial score (nSPS) is 10.8. The Hall–Kier alpha value is -1.56. The highest BCUT2D eigenvalue weighted by atomic mass is 14.2. The standard InChI is InChI=1S/C21H27/c1-4-10-17-15-19(11-5-2)21(20(16-17)12-6-3)18-13-8-7-9-14-18/h8-9,13-16H,4-6,10-12H2,1-3H3. The third-order valence-electron chi connectivity index (χ3n) is 3.95. The molecule has 111 valence electrons. The molecule has 0 bridgehead atoms. The molecule has 0 aliphatic carbocycles. The lowest BCUT2D eigenvalue weighted by atomic mass is 9.87. The van der Waals surface area contributed by atoms with E-state index < -0.39 is 0 Å². The highest BCUT2D eigenvalue weighted by molar-refractivity contribution is 5.72. The van der Waals surface area contributed by atoms with Crippen LogP contribution in [-0.4, -0.2) is 0 Å². The fourth-order valence-corrected chi connectivity index (χ4v) is 3.13. The van der Waals surface area contributed by atoms with E-state index in [4.69, 9.17) is 0 Å². The minimum atomic E-state index is 1.17. The summed E-state index contributed by atoms with van der Waals surface area (Å²) in [5.41, 5.74) is 7.39. The molecule has 0 spiro atoms. The maximum absolute atomic E-state index is 3.14. The fourth-order valence-electron chi connectivity index (χ4n) is 3.13. The van der Waals surface area contributed by atoms with Gasteiger partial charge < -0.3 is 0 Å². The van der Waals surface area contributed by atoms with Crippen molar-refractivity contribution in [2.45, 2.75) is 59.3 Å². The first-order chi connectivity index (χ1) is 10.3. The summed E-state index contributed by atoms with van der Waals surface area (Å²) in [5.74, 6) is 0. The van der Waals surface area contributed by atoms with Crippen LogP contribution in [0.2, 0.25) is 0 Å². The summed E-state index contributed by atoms with van der Waals surface area (Å²) in [5, 5.41) is 0. The first-order valence-electron chi connectivity index (χ1n) is 8.41. The zero-order valence-corrected chi connectivity index (χ0v) is 13.7. The van der Waals surface area contributed by atoms with Crippen LogP contribution in [0, 0.1) is 6.07 Å². The number of hydrogen-bond acceptors (Lipinski definition) is 0. The molecule has 0 aliphatic heterocycles. The van der Waals surface area contributed by atoms with Crippen LogP contribution in [0.15, 0.2) is 36.4 Å². The number of aryl methyl sites for hydroxylation is 3. The van der Waals surface area contributed by atoms with Gasteiger partial charge >= 0.3 is 0 Å². The zero-order chi connectivity index (χ0) is 15.1. The molecule has 0 saturated carbocycles. The molecule has 1 radical (unpaired) electrons. The van der Waals surface area contributed by atoms with E-state index in [1.54, 1.807) is 0 Å². The van der Waals surface area contributed by atoms with Gasteiger partial charge in [-0.2, -0.15) is 0 Å². The maximum atomic E-state index is 3.14. The molecular weight excluding hydrogens is 252 g/mol. The van der Waals surface area contributed by atoms with E-state index in [0.29, 0.717) is 0 Å². The summed E-state index contributed by atoms with van der Waals surface area (Å²) in [6.07, 6.45) is 7.15. The summed E-state index contributed by atoms with van der Waals surface area (Å²) in [6, 6.07) is 16.5. The minimum Gasteiger partial charge on any atom is -0.0651 e. The topological polar surface area (TPSA) is 0 Å². The Morgan fingerprint density at radius 1 is 0.762 bits per heavy atom. The van der Waals surface area contributed by atoms with Crippen molar-refractivity contribution in [1.82, 2.24) is 0 Å². The van der Waals surface area contributed by atoms with Crippen molar-refractivity contribution >= 4 is 0 Å². The van der Waals surface area contributed by atoms with Crippen molar-refractivity contribution in [2.75, 3.05) is 0 Å². The van der Waals surface area contributed by atoms with Crippen molar-refractivity contribution in [3.05, 3.63) is 59.2 Å². The molecule has 0 unspecified atom stereocenters. The number of benzene rings is 2. The van der Waals surface area contributed by atoms with Crippen LogP contribution in [0.5, 0.6) is 0 Å². The zero-order valence-electron chi connectivity index (χ0n) is 13.7. The molecule has 0 nitrogen and oxygen atoms in total. The van der Waals surface area contributed by atoms with Crippen LogP contribution in [0.1, 0.15) is 56.7 Å². The summed E-state index contributed by atoms with van der Waals surface area (Å²) in [4.78, 5) is 0. The van der Waals surface area contributed by atoms with Gasteiger partial charge in [0.1, 0.15) is 0 Å². The molecule has 2 aromatic carbocycles. The first-order valence-corrected chi connectivity index (χ1v) is 8.41. The lowest BCUT2D eigenvalue weighted by Crippen LogP contribution is -2.00. The monoisotopic (exact) mass is 279 g/mol. The highest BCUT2D eigenvalue weighted by Crippen LogP contribution is 2.31. The van der Waals surface area contributed by atoms with Gasteiger partial charge in [-0.1, -0.05) is 76.4 Å². The van der Waals surface area contributed by atoms with Crippen molar-refractivity contribution in [2.24, 2.45) is 0 Å². The van der Waals surface area contributed by atoms with E-state index in [1.807, 2.05) is 12.1 Å². The molecule has 0 saturated heterocycles. The Morgan fingerprint density at radius 2 is 1.29 bits per heavy atom. The van der Waals surface area contributed by atoms with Gasteiger partial charge in [0.05, 0.1) is 0 Å². The Bertz CT molecular complexity index is 525. The van der Waals surface area contributed by atoms with Crippen molar-refractivity contribution in [3.8, 4) is 11.1 Å². The largest absolute Gasteiger partial charge is 0.0651 e. The smallest absolute Gasteiger partial charge is 0.0120 e. The number of rotatable bonds is 7. The van der Waals surface area contributed by atoms with E-state index in [2.05, 4.69) is 51.1 Å². The lowest BCUT2D eigenvalue weighted by molar-refractivity contribution is 0.873. The molecule has 0 aromatic heterocycles. The van der Waals surface area contributed by atoms with Crippen LogP contribution in [-0.2, 0) is 19.3 Å². The molecule has 0 N–H and O–H groups in total. The second-order valence-corrected chi connectivity index (χ2v) is 5.83. The Balaban J connectivity index is 2.57. The van der Waals surface area contributed by atoms with Gasteiger partial charge in [-0.25, -0.2) is 0 Å². The Morgan fingerprint density at radius 3 is 1.76 bits per heavy atom. The molecular formula is C21H27. The third-order valence-corrected chi connectivity index (χ3v) is 3.95. The summed E-state index contributed by atoms with van der Waals surface area (Å²) < 4.78 is 0. The van der Waals surface area contributed by atoms with E-state index in [1.165, 1.54) is 66.3 Å². The van der Waals surface area contributed by atoms with E-state index in [-0.39, 0.29) is 0 Å². The Kier molecular flexibility index (Phi) is 6.04. The van der Waals surface area contributed by atoms with Gasteiger partial charge in [0.2, 0.25) is 0 Å². The predicted molar refractivity (Wildman–Crippen MR) is 92.7 cm³/mol. The molecule has 0 amide bonds. The molecule has 0 heterocycles. The molecule has 2 rings (SSSR count). The van der Waals surface area contributed by atoms with Gasteiger partial charge in [-0.15, -0.1) is 0 Å². The van der Waals surface area contributed by atoms with Crippen LogP contribution >= 0.6 is 0 Å². The van der Waals surface area contributed by atoms with Crippen molar-refractivity contribution in [3.63, 3.8) is 0 Å². The van der Waals surface area contributed by atoms with Gasteiger partial charge in [-0.3, -0.25) is 0 Å². The highest BCUT2D eigenvalue weighted by Gasteiger charge is 2.12. The van der Waals surface area contributed by atoms with Crippen LogP contribution in [0.4, 0.5) is 0 Å². The predicted octanol–water partition coefficient (Wildman–Crippen LogP) is 6.01. The van der Waals surface area contributed by atoms with Crippen molar-refractivity contribution < 1.29 is 0 Å². The maximum Gasteiger partial charge on any atom is -0.0120 e. The molecule has 0 fully saturated rings. The average Bonchev–Trinajstić information content (AvgIpc) is 2.49. The summed E-state index contributed by atoms with van der Waals surface area (Å²) >= 11 is 0. The fraction of sp³-hybridized carbons (Fsp3) is 0.429. The minimum absolute atomic E-state index is 1.17. The SMILES string of the molecule is CCCc1cc(CCC)c(-c2cc[c]cc2)c(CCC)c1. The average molecular weight is 279 g/mol. The second-order valence-electron chi connectivity index (χ2n) is 5.83. The van der Waals surface area contributed by atoms with Gasteiger partial charge in [0.15, 0.2) is 0 Å². The van der Waals surface area contributed by atoms with Crippen LogP contribution in [0.3, 0.4) is 0 Å². The lowest BCUT2D eigenvalue weighted by Gasteiger charge is -2.17. The molecule has 0 heteroatoms. The summed E-state index contributed by atoms with van der Waals surface area (Å²) in [7, 11) is 0. The van der Waals surface area contributed by atoms with Crippen LogP contribution in [0.25, 0.3) is 11.1 Å². The van der Waals surface area contributed by atoms with E-state index in [0.717, 1.165) is 0 Å². The molecule has 0 aliphatic rings. The van der Waals surface area contributed by atoms with E-state index >= 15 is 0 Å². The quantitative estimate of drug-likeness (QED) is 0.582. The molecule has 0 atom stereocenters. The third kappa shape index (κ3) is 3.97. The molecule has 21 heavy (non-hydrogen) atoms. The second kappa shape index (κ2) is 8.02. The molecule has 2 aromatic rings. The van der Waals surface area contributed by atoms with Gasteiger partial charge in [0, 0.05) is 0 Å². The van der Waals surface area contributed by atoms with E-state index in [9.17, 15) is 0 Å². The Labute approximate surface area is 130 Å². The number of hydrogen-bond donors (Lipinski definition) is 0.